The third kappa shape index (κ3) is 24.1. The molecule has 1 heteroatoms. The van der Waals surface area contributed by atoms with Gasteiger partial charge >= 0.3 is 0 Å². The van der Waals surface area contributed by atoms with Crippen LogP contribution in [0, 0.1) is 0 Å². The summed E-state index contributed by atoms with van der Waals surface area (Å²) in [5.41, 5.74) is 0. The van der Waals surface area contributed by atoms with Crippen LogP contribution in [0.1, 0.15) is 155 Å². The molecule has 0 aromatic heterocycles. The Bertz CT molecular complexity index is 395. The Balaban J connectivity index is 3.46. The Morgan fingerprint density at radius 3 is 1.31 bits per heavy atom. The van der Waals surface area contributed by atoms with Gasteiger partial charge in [-0.05, 0) is 59.0 Å². The maximum Gasteiger partial charge on any atom is 0.00891 e. The van der Waals surface area contributed by atoms with Crippen LogP contribution < -0.4 is 0 Å². The summed E-state index contributed by atoms with van der Waals surface area (Å²) < 4.78 is 0. The fourth-order valence-corrected chi connectivity index (χ4v) is 4.54. The van der Waals surface area contributed by atoms with Crippen molar-refractivity contribution in [1.82, 2.24) is 4.90 Å². The lowest BCUT2D eigenvalue weighted by molar-refractivity contribution is 0.251. The summed E-state index contributed by atoms with van der Waals surface area (Å²) in [5.74, 6) is 0. The molecular formula is C31H61N. The van der Waals surface area contributed by atoms with Crippen molar-refractivity contribution in [3.8, 4) is 0 Å². The normalized spacial score (nSPS) is 13.2. The highest BCUT2D eigenvalue weighted by atomic mass is 15.1. The zero-order chi connectivity index (χ0) is 23.5. The van der Waals surface area contributed by atoms with Gasteiger partial charge in [0.2, 0.25) is 0 Å². The van der Waals surface area contributed by atoms with Crippen LogP contribution in [0.25, 0.3) is 0 Å². The van der Waals surface area contributed by atoms with E-state index in [1.54, 1.807) is 0 Å². The molecule has 0 rings (SSSR count). The number of allylic oxidation sites excluding steroid dienone is 4. The Morgan fingerprint density at radius 2 is 0.844 bits per heavy atom. The largest absolute Gasteiger partial charge is 0.306 e. The topological polar surface area (TPSA) is 3.24 Å². The third-order valence-electron chi connectivity index (χ3n) is 6.86. The van der Waals surface area contributed by atoms with Crippen molar-refractivity contribution in [1.29, 1.82) is 0 Å². The summed E-state index contributed by atoms with van der Waals surface area (Å²) in [6.07, 6.45) is 39.9. The van der Waals surface area contributed by atoms with Crippen molar-refractivity contribution >= 4 is 0 Å². The average molecular weight is 448 g/mol. The first-order valence-electron chi connectivity index (χ1n) is 14.7. The molecular weight excluding hydrogens is 386 g/mol. The maximum atomic E-state index is 2.48. The lowest BCUT2D eigenvalue weighted by Crippen LogP contribution is -2.27. The van der Waals surface area contributed by atoms with E-state index in [2.05, 4.69) is 57.1 Å². The summed E-state index contributed by atoms with van der Waals surface area (Å²) in [7, 11) is 4.56. The fraction of sp³-hybridized carbons (Fsp3) is 0.871. The lowest BCUT2D eigenvalue weighted by atomic mass is 9.99. The van der Waals surface area contributed by atoms with Crippen molar-refractivity contribution < 1.29 is 0 Å². The van der Waals surface area contributed by atoms with Gasteiger partial charge in [-0.3, -0.25) is 0 Å². The van der Waals surface area contributed by atoms with Crippen LogP contribution in [0.15, 0.2) is 24.3 Å². The lowest BCUT2D eigenvalue weighted by Gasteiger charge is -2.24. The summed E-state index contributed by atoms with van der Waals surface area (Å²) in [4.78, 5) is 2.48. The van der Waals surface area contributed by atoms with E-state index >= 15 is 0 Å². The standard InChI is InChI=1S/C31H61N/c1-5-7-9-11-13-14-15-16-17-18-19-20-21-22-24-26-28-30-31(32(3)4)29-27-25-23-12-10-8-6-2/h13-14,16-17,31H,5-12,15,18-30H2,1-4H3/b14-13-,17-16?. The van der Waals surface area contributed by atoms with Crippen LogP contribution in [-0.2, 0) is 0 Å². The molecule has 1 atom stereocenters. The summed E-state index contributed by atoms with van der Waals surface area (Å²) in [6, 6.07) is 0.809. The molecule has 32 heavy (non-hydrogen) atoms. The van der Waals surface area contributed by atoms with Gasteiger partial charge in [-0.25, -0.2) is 0 Å². The number of rotatable bonds is 25. The Morgan fingerprint density at radius 1 is 0.469 bits per heavy atom. The summed E-state index contributed by atoms with van der Waals surface area (Å²) in [5, 5.41) is 0. The minimum Gasteiger partial charge on any atom is -0.306 e. The predicted octanol–water partition coefficient (Wildman–Crippen LogP) is 10.7. The maximum absolute atomic E-state index is 2.48. The molecule has 0 saturated carbocycles. The van der Waals surface area contributed by atoms with Crippen LogP contribution in [0.4, 0.5) is 0 Å². The van der Waals surface area contributed by atoms with E-state index < -0.39 is 0 Å². The minimum atomic E-state index is 0.809. The van der Waals surface area contributed by atoms with Gasteiger partial charge in [0.25, 0.3) is 0 Å². The first-order chi connectivity index (χ1) is 15.7. The van der Waals surface area contributed by atoms with Gasteiger partial charge in [0, 0.05) is 6.04 Å². The highest BCUT2D eigenvalue weighted by Gasteiger charge is 2.10. The fourth-order valence-electron chi connectivity index (χ4n) is 4.54. The summed E-state index contributed by atoms with van der Waals surface area (Å²) >= 11 is 0. The van der Waals surface area contributed by atoms with Gasteiger partial charge in [-0.15, -0.1) is 0 Å². The van der Waals surface area contributed by atoms with Crippen LogP contribution >= 0.6 is 0 Å². The highest BCUT2D eigenvalue weighted by molar-refractivity contribution is 4.92. The molecule has 0 N–H and O–H groups in total. The van der Waals surface area contributed by atoms with Crippen LogP contribution in [0.3, 0.4) is 0 Å². The first kappa shape index (κ1) is 31.4. The second-order valence-corrected chi connectivity index (χ2v) is 10.3. The SMILES string of the molecule is CCCCC/C=C\CC=CCCCCCCCCCC(CCCCCCCCC)N(C)C. The molecule has 0 radical (unpaired) electrons. The van der Waals surface area contributed by atoms with Crippen molar-refractivity contribution in [2.75, 3.05) is 14.1 Å². The Labute approximate surface area is 204 Å². The zero-order valence-corrected chi connectivity index (χ0v) is 22.9. The second-order valence-electron chi connectivity index (χ2n) is 10.3. The monoisotopic (exact) mass is 447 g/mol. The molecule has 0 aromatic rings. The third-order valence-corrected chi connectivity index (χ3v) is 6.86. The van der Waals surface area contributed by atoms with Gasteiger partial charge in [-0.2, -0.15) is 0 Å². The number of hydrogen-bond donors (Lipinski definition) is 0. The van der Waals surface area contributed by atoms with E-state index in [9.17, 15) is 0 Å². The van der Waals surface area contributed by atoms with Gasteiger partial charge in [0.15, 0.2) is 0 Å². The van der Waals surface area contributed by atoms with E-state index in [4.69, 9.17) is 0 Å². The molecule has 0 heterocycles. The van der Waals surface area contributed by atoms with Crippen molar-refractivity contribution in [2.24, 2.45) is 0 Å². The minimum absolute atomic E-state index is 0.809. The van der Waals surface area contributed by atoms with E-state index in [1.807, 2.05) is 0 Å². The van der Waals surface area contributed by atoms with Crippen LogP contribution in [-0.4, -0.2) is 25.0 Å². The summed E-state index contributed by atoms with van der Waals surface area (Å²) in [6.45, 7) is 4.57. The quantitative estimate of drug-likeness (QED) is 0.0993. The number of nitrogens with zero attached hydrogens (tertiary/aromatic N) is 1. The molecule has 190 valence electrons. The van der Waals surface area contributed by atoms with E-state index in [1.165, 1.54) is 135 Å². The van der Waals surface area contributed by atoms with E-state index in [-0.39, 0.29) is 0 Å². The molecule has 0 bridgehead atoms. The van der Waals surface area contributed by atoms with E-state index in [0.29, 0.717) is 0 Å². The first-order valence-corrected chi connectivity index (χ1v) is 14.7. The second kappa shape index (κ2) is 26.7. The Kier molecular flexibility index (Phi) is 26.2. The Hall–Kier alpha value is -0.560. The number of unbranched alkanes of at least 4 members (excludes halogenated alkanes) is 16. The molecule has 1 nitrogen and oxygen atoms in total. The molecule has 1 unspecified atom stereocenters. The molecule has 0 spiro atoms. The van der Waals surface area contributed by atoms with Crippen molar-refractivity contribution in [3.63, 3.8) is 0 Å². The molecule has 0 aliphatic heterocycles. The molecule has 0 aromatic carbocycles. The van der Waals surface area contributed by atoms with Gasteiger partial charge in [0.05, 0.1) is 0 Å². The van der Waals surface area contributed by atoms with Crippen molar-refractivity contribution in [2.45, 2.75) is 161 Å². The van der Waals surface area contributed by atoms with Crippen LogP contribution in [0.2, 0.25) is 0 Å². The molecule has 0 saturated heterocycles. The van der Waals surface area contributed by atoms with E-state index in [0.717, 1.165) is 12.5 Å². The highest BCUT2D eigenvalue weighted by Crippen LogP contribution is 2.17. The molecule has 0 aliphatic rings. The smallest absolute Gasteiger partial charge is 0.00891 e. The average Bonchev–Trinajstić information content (AvgIpc) is 2.78. The molecule has 0 amide bonds. The van der Waals surface area contributed by atoms with Crippen molar-refractivity contribution in [3.05, 3.63) is 24.3 Å². The number of hydrogen-bond acceptors (Lipinski definition) is 1. The molecule has 0 fully saturated rings. The van der Waals surface area contributed by atoms with Gasteiger partial charge in [-0.1, -0.05) is 134 Å². The van der Waals surface area contributed by atoms with Crippen LogP contribution in [0.5, 0.6) is 0 Å². The predicted molar refractivity (Wildman–Crippen MR) is 149 cm³/mol. The molecule has 0 aliphatic carbocycles. The van der Waals surface area contributed by atoms with Gasteiger partial charge < -0.3 is 4.90 Å². The zero-order valence-electron chi connectivity index (χ0n) is 22.9. The van der Waals surface area contributed by atoms with Gasteiger partial charge in [0.1, 0.15) is 0 Å².